The number of hydrogen-bond donors (Lipinski definition) is 2. The predicted octanol–water partition coefficient (Wildman–Crippen LogP) is 4.45. The van der Waals surface area contributed by atoms with Crippen molar-refractivity contribution in [1.29, 1.82) is 0 Å². The quantitative estimate of drug-likeness (QED) is 0.456. The number of ether oxygens (including phenoxy) is 2. The van der Waals surface area contributed by atoms with E-state index < -0.39 is 5.97 Å². The largest absolute Gasteiger partial charge is 0.465 e. The van der Waals surface area contributed by atoms with E-state index in [0.29, 0.717) is 28.0 Å². The average molecular weight is 482 g/mol. The van der Waals surface area contributed by atoms with Crippen LogP contribution >= 0.6 is 11.6 Å². The first kappa shape index (κ1) is 23.9. The lowest BCUT2D eigenvalue weighted by molar-refractivity contribution is 0.0602. The van der Waals surface area contributed by atoms with Gasteiger partial charge >= 0.3 is 5.97 Å². The molecule has 0 aliphatic carbocycles. The third-order valence-electron chi connectivity index (χ3n) is 5.80. The number of methoxy groups -OCH3 is 2. The van der Waals surface area contributed by atoms with Crippen LogP contribution in [0.4, 0.5) is 23.1 Å². The molecule has 0 unspecified atom stereocenters. The summed E-state index contributed by atoms with van der Waals surface area (Å²) in [5.74, 6) is 0.342. The molecule has 178 valence electrons. The van der Waals surface area contributed by atoms with Crippen molar-refractivity contribution >= 4 is 40.7 Å². The van der Waals surface area contributed by atoms with E-state index in [1.54, 1.807) is 25.3 Å². The Morgan fingerprint density at radius 3 is 2.68 bits per heavy atom. The van der Waals surface area contributed by atoms with E-state index in [4.69, 9.17) is 21.1 Å². The highest BCUT2D eigenvalue weighted by atomic mass is 35.5. The molecule has 1 aromatic heterocycles. The van der Waals surface area contributed by atoms with Crippen LogP contribution in [0.3, 0.4) is 0 Å². The second-order valence-electron chi connectivity index (χ2n) is 8.00. The smallest absolute Gasteiger partial charge is 0.339 e. The van der Waals surface area contributed by atoms with E-state index in [1.165, 1.54) is 24.4 Å². The summed E-state index contributed by atoms with van der Waals surface area (Å²) in [7, 11) is 3.08. The molecule has 0 spiro atoms. The molecule has 8 nitrogen and oxygen atoms in total. The maximum Gasteiger partial charge on any atom is 0.339 e. The first-order valence-corrected chi connectivity index (χ1v) is 11.5. The molecule has 0 fully saturated rings. The summed E-state index contributed by atoms with van der Waals surface area (Å²) >= 11 is 6.33. The number of carbonyl (C=O) groups is 1. The number of rotatable bonds is 8. The van der Waals surface area contributed by atoms with Crippen molar-refractivity contribution in [2.24, 2.45) is 0 Å². The summed E-state index contributed by atoms with van der Waals surface area (Å²) in [5.41, 5.74) is 4.53. The molecule has 0 saturated carbocycles. The Morgan fingerprint density at radius 1 is 1.09 bits per heavy atom. The van der Waals surface area contributed by atoms with Gasteiger partial charge in [-0.3, -0.25) is 0 Å². The summed E-state index contributed by atoms with van der Waals surface area (Å²) in [6, 6.07) is 13.4. The zero-order valence-electron chi connectivity index (χ0n) is 19.3. The van der Waals surface area contributed by atoms with Crippen molar-refractivity contribution in [3.8, 4) is 0 Å². The van der Waals surface area contributed by atoms with Gasteiger partial charge in [-0.25, -0.2) is 9.78 Å². The number of esters is 1. The van der Waals surface area contributed by atoms with Gasteiger partial charge in [0, 0.05) is 32.4 Å². The molecule has 2 aromatic carbocycles. The van der Waals surface area contributed by atoms with Crippen LogP contribution in [0.25, 0.3) is 0 Å². The van der Waals surface area contributed by atoms with Gasteiger partial charge in [0.15, 0.2) is 5.82 Å². The van der Waals surface area contributed by atoms with Gasteiger partial charge in [-0.2, -0.15) is 4.98 Å². The van der Waals surface area contributed by atoms with E-state index in [2.05, 4.69) is 37.6 Å². The van der Waals surface area contributed by atoms with Crippen LogP contribution in [-0.4, -0.2) is 61.3 Å². The monoisotopic (exact) mass is 481 g/mol. The Kier molecular flexibility index (Phi) is 7.95. The fourth-order valence-electron chi connectivity index (χ4n) is 3.94. The molecule has 0 atom stereocenters. The molecule has 4 rings (SSSR count). The number of halogens is 1. The maximum atomic E-state index is 12.1. The SMILES string of the molecule is COCCN1CCc2ccc(Nc3ncc(Cl)c(Nc4ccccc4C(=O)OC)n3)cc2CC1. The molecule has 2 N–H and O–H groups in total. The van der Waals surface area contributed by atoms with Gasteiger partial charge in [0.25, 0.3) is 0 Å². The van der Waals surface area contributed by atoms with E-state index >= 15 is 0 Å². The van der Waals surface area contributed by atoms with Gasteiger partial charge in [0.05, 0.1) is 31.2 Å². The fourth-order valence-corrected chi connectivity index (χ4v) is 4.08. The molecular formula is C25H28ClN5O3. The number of carbonyl (C=O) groups excluding carboxylic acids is 1. The fraction of sp³-hybridized carbons (Fsp3) is 0.320. The molecule has 0 radical (unpaired) electrons. The summed E-state index contributed by atoms with van der Waals surface area (Å²) < 4.78 is 10.1. The van der Waals surface area contributed by atoms with Crippen molar-refractivity contribution < 1.29 is 14.3 Å². The third kappa shape index (κ3) is 5.83. The Hall–Kier alpha value is -3.20. The van der Waals surface area contributed by atoms with Crippen LogP contribution in [-0.2, 0) is 22.3 Å². The van der Waals surface area contributed by atoms with Gasteiger partial charge in [0.2, 0.25) is 5.95 Å². The molecular weight excluding hydrogens is 454 g/mol. The molecule has 0 bridgehead atoms. The molecule has 0 amide bonds. The number of benzene rings is 2. The summed E-state index contributed by atoms with van der Waals surface area (Å²) in [5, 5.41) is 6.73. The Labute approximate surface area is 204 Å². The van der Waals surface area contributed by atoms with Gasteiger partial charge in [-0.1, -0.05) is 29.8 Å². The van der Waals surface area contributed by atoms with Gasteiger partial charge in [-0.15, -0.1) is 0 Å². The minimum absolute atomic E-state index is 0.336. The predicted molar refractivity (Wildman–Crippen MR) is 134 cm³/mol. The van der Waals surface area contributed by atoms with Crippen LogP contribution in [0.2, 0.25) is 5.02 Å². The first-order chi connectivity index (χ1) is 16.6. The van der Waals surface area contributed by atoms with E-state index in [1.807, 2.05) is 12.1 Å². The highest BCUT2D eigenvalue weighted by Crippen LogP contribution is 2.28. The number of hydrogen-bond acceptors (Lipinski definition) is 8. The van der Waals surface area contributed by atoms with Crippen molar-refractivity contribution in [2.75, 3.05) is 51.1 Å². The van der Waals surface area contributed by atoms with Crippen LogP contribution in [0.15, 0.2) is 48.7 Å². The van der Waals surface area contributed by atoms with Crippen LogP contribution in [0.5, 0.6) is 0 Å². The summed E-state index contributed by atoms with van der Waals surface area (Å²) in [4.78, 5) is 23.4. The van der Waals surface area contributed by atoms with Gasteiger partial charge < -0.3 is 25.0 Å². The Balaban J connectivity index is 1.50. The maximum absolute atomic E-state index is 12.1. The van der Waals surface area contributed by atoms with Crippen LogP contribution in [0.1, 0.15) is 21.5 Å². The summed E-state index contributed by atoms with van der Waals surface area (Å²) in [6.45, 7) is 3.73. The highest BCUT2D eigenvalue weighted by molar-refractivity contribution is 6.33. The number of aromatic nitrogens is 2. The number of para-hydroxylation sites is 1. The van der Waals surface area contributed by atoms with Crippen LogP contribution in [0, 0.1) is 0 Å². The van der Waals surface area contributed by atoms with Gasteiger partial charge in [-0.05, 0) is 48.2 Å². The molecule has 0 saturated heterocycles. The number of nitrogens with one attached hydrogen (secondary N) is 2. The second-order valence-corrected chi connectivity index (χ2v) is 8.40. The van der Waals surface area contributed by atoms with Crippen LogP contribution < -0.4 is 10.6 Å². The molecule has 1 aliphatic heterocycles. The number of anilines is 4. The summed E-state index contributed by atoms with van der Waals surface area (Å²) in [6.07, 6.45) is 3.52. The first-order valence-electron chi connectivity index (χ1n) is 11.1. The lowest BCUT2D eigenvalue weighted by atomic mass is 10.0. The minimum Gasteiger partial charge on any atom is -0.465 e. The standard InChI is InChI=1S/C25H28ClN5O3/c1-33-14-13-31-11-9-17-7-8-19(15-18(17)10-12-31)28-25-27-16-21(26)23(30-25)29-22-6-4-3-5-20(22)24(32)34-2/h3-8,15-16H,9-14H2,1-2H3,(H2,27,28,29,30). The van der Waals surface area contributed by atoms with E-state index in [9.17, 15) is 4.79 Å². The zero-order valence-corrected chi connectivity index (χ0v) is 20.1. The lowest BCUT2D eigenvalue weighted by Crippen LogP contribution is -2.29. The number of fused-ring (bicyclic) bond motifs is 1. The van der Waals surface area contributed by atoms with Crippen molar-refractivity contribution in [1.82, 2.24) is 14.9 Å². The number of nitrogens with zero attached hydrogens (tertiary/aromatic N) is 3. The third-order valence-corrected chi connectivity index (χ3v) is 6.07. The molecule has 1 aliphatic rings. The van der Waals surface area contributed by atoms with Gasteiger partial charge in [0.1, 0.15) is 5.02 Å². The zero-order chi connectivity index (χ0) is 23.9. The molecule has 2 heterocycles. The highest BCUT2D eigenvalue weighted by Gasteiger charge is 2.16. The van der Waals surface area contributed by atoms with Crippen molar-refractivity contribution in [2.45, 2.75) is 12.8 Å². The molecule has 3 aromatic rings. The topological polar surface area (TPSA) is 88.6 Å². The van der Waals surface area contributed by atoms with E-state index in [0.717, 1.165) is 44.8 Å². The molecule has 34 heavy (non-hydrogen) atoms. The Morgan fingerprint density at radius 2 is 1.88 bits per heavy atom. The Bertz CT molecular complexity index is 1160. The normalized spacial score (nSPS) is 13.6. The van der Waals surface area contributed by atoms with Crippen molar-refractivity contribution in [3.05, 3.63) is 70.4 Å². The molecule has 9 heteroatoms. The van der Waals surface area contributed by atoms with E-state index in [-0.39, 0.29) is 0 Å². The second kappa shape index (κ2) is 11.3. The minimum atomic E-state index is -0.447. The average Bonchev–Trinajstić information content (AvgIpc) is 3.06. The lowest BCUT2D eigenvalue weighted by Gasteiger charge is -2.18. The van der Waals surface area contributed by atoms with Crippen molar-refractivity contribution in [3.63, 3.8) is 0 Å².